The van der Waals surface area contributed by atoms with Gasteiger partial charge < -0.3 is 10.4 Å². The van der Waals surface area contributed by atoms with Crippen LogP contribution in [0.3, 0.4) is 0 Å². The number of halogens is 1. The number of benzene rings is 2. The first-order valence-corrected chi connectivity index (χ1v) is 6.77. The Bertz CT molecular complexity index is 686. The van der Waals surface area contributed by atoms with Crippen LogP contribution in [0.15, 0.2) is 46.9 Å². The van der Waals surface area contributed by atoms with Crippen molar-refractivity contribution in [1.29, 1.82) is 0 Å². The molecule has 21 heavy (non-hydrogen) atoms. The van der Waals surface area contributed by atoms with Gasteiger partial charge in [0.1, 0.15) is 10.2 Å². The summed E-state index contributed by atoms with van der Waals surface area (Å²) < 4.78 is 0.151. The van der Waals surface area contributed by atoms with E-state index in [1.165, 1.54) is 30.3 Å². The lowest BCUT2D eigenvalue weighted by molar-refractivity contribution is -0.385. The topological polar surface area (TPSA) is 92.5 Å². The zero-order chi connectivity index (χ0) is 15.4. The number of hydrogen-bond acceptors (Lipinski definition) is 4. The van der Waals surface area contributed by atoms with Crippen molar-refractivity contribution in [3.8, 4) is 5.75 Å². The SMILES string of the molecule is O=C(NCc1ccc(O)cc1)c1cccc([N+](=O)[O-])c1Br. The van der Waals surface area contributed by atoms with Gasteiger partial charge in [0.15, 0.2) is 0 Å². The van der Waals surface area contributed by atoms with Crippen molar-refractivity contribution in [2.24, 2.45) is 0 Å². The van der Waals surface area contributed by atoms with Gasteiger partial charge in [0.25, 0.3) is 11.6 Å². The summed E-state index contributed by atoms with van der Waals surface area (Å²) >= 11 is 3.08. The van der Waals surface area contributed by atoms with Crippen LogP contribution in [0.4, 0.5) is 5.69 Å². The first kappa shape index (κ1) is 15.0. The van der Waals surface area contributed by atoms with E-state index in [0.717, 1.165) is 5.56 Å². The average molecular weight is 351 g/mol. The van der Waals surface area contributed by atoms with E-state index < -0.39 is 10.8 Å². The highest BCUT2D eigenvalue weighted by Crippen LogP contribution is 2.28. The molecule has 0 aliphatic carbocycles. The summed E-state index contributed by atoms with van der Waals surface area (Å²) in [6, 6.07) is 10.7. The maximum Gasteiger partial charge on any atom is 0.284 e. The molecule has 0 unspecified atom stereocenters. The number of carbonyl (C=O) groups is 1. The van der Waals surface area contributed by atoms with E-state index in [-0.39, 0.29) is 28.0 Å². The summed E-state index contributed by atoms with van der Waals surface area (Å²) in [4.78, 5) is 22.3. The minimum Gasteiger partial charge on any atom is -0.508 e. The summed E-state index contributed by atoms with van der Waals surface area (Å²) in [5, 5.41) is 22.7. The minimum absolute atomic E-state index is 0.145. The number of amides is 1. The Labute approximate surface area is 128 Å². The lowest BCUT2D eigenvalue weighted by Gasteiger charge is -2.07. The van der Waals surface area contributed by atoms with E-state index in [1.807, 2.05) is 0 Å². The molecular formula is C14H11BrN2O4. The third-order valence-electron chi connectivity index (χ3n) is 2.81. The number of nitrogens with zero attached hydrogens (tertiary/aromatic N) is 1. The maximum absolute atomic E-state index is 12.1. The van der Waals surface area contributed by atoms with Gasteiger partial charge in [-0.05, 0) is 39.7 Å². The number of carbonyl (C=O) groups excluding carboxylic acids is 1. The number of nitrogens with one attached hydrogen (secondary N) is 1. The largest absolute Gasteiger partial charge is 0.508 e. The molecule has 6 nitrogen and oxygen atoms in total. The van der Waals surface area contributed by atoms with Crippen molar-refractivity contribution in [3.63, 3.8) is 0 Å². The number of phenolic OH excluding ortho intramolecular Hbond substituents is 1. The van der Waals surface area contributed by atoms with Crippen molar-refractivity contribution in [2.75, 3.05) is 0 Å². The second-order valence-electron chi connectivity index (χ2n) is 4.24. The van der Waals surface area contributed by atoms with Crippen molar-refractivity contribution < 1.29 is 14.8 Å². The number of aromatic hydroxyl groups is 1. The van der Waals surface area contributed by atoms with E-state index >= 15 is 0 Å². The van der Waals surface area contributed by atoms with Gasteiger partial charge in [0.05, 0.1) is 10.5 Å². The fourth-order valence-corrected chi connectivity index (χ4v) is 2.32. The van der Waals surface area contributed by atoms with Crippen molar-refractivity contribution in [3.05, 3.63) is 68.2 Å². The van der Waals surface area contributed by atoms with Gasteiger partial charge in [-0.15, -0.1) is 0 Å². The zero-order valence-corrected chi connectivity index (χ0v) is 12.3. The molecule has 0 aliphatic heterocycles. The molecule has 0 radical (unpaired) electrons. The Balaban J connectivity index is 2.12. The second kappa shape index (κ2) is 6.36. The van der Waals surface area contributed by atoms with Crippen LogP contribution in [0, 0.1) is 10.1 Å². The van der Waals surface area contributed by atoms with Crippen LogP contribution in [0.25, 0.3) is 0 Å². The van der Waals surface area contributed by atoms with Crippen LogP contribution in [-0.2, 0) is 6.54 Å². The smallest absolute Gasteiger partial charge is 0.284 e. The molecule has 0 heterocycles. The normalized spacial score (nSPS) is 10.1. The van der Waals surface area contributed by atoms with Gasteiger partial charge in [0, 0.05) is 12.6 Å². The Morgan fingerprint density at radius 1 is 1.24 bits per heavy atom. The van der Waals surface area contributed by atoms with Gasteiger partial charge in [0.2, 0.25) is 0 Å². The summed E-state index contributed by atoms with van der Waals surface area (Å²) in [5.74, 6) is -0.273. The molecule has 0 aliphatic rings. The molecule has 0 spiro atoms. The summed E-state index contributed by atoms with van der Waals surface area (Å²) in [6.45, 7) is 0.258. The molecule has 0 atom stereocenters. The predicted octanol–water partition coefficient (Wildman–Crippen LogP) is 2.99. The molecule has 2 aromatic rings. The van der Waals surface area contributed by atoms with Crippen molar-refractivity contribution in [2.45, 2.75) is 6.54 Å². The lowest BCUT2D eigenvalue weighted by atomic mass is 10.1. The molecule has 0 aromatic heterocycles. The molecule has 108 valence electrons. The van der Waals surface area contributed by atoms with Crippen LogP contribution >= 0.6 is 15.9 Å². The van der Waals surface area contributed by atoms with Crippen LogP contribution < -0.4 is 5.32 Å². The monoisotopic (exact) mass is 350 g/mol. The third kappa shape index (κ3) is 3.57. The Kier molecular flexibility index (Phi) is 4.54. The number of nitro benzene ring substituents is 1. The number of hydrogen-bond donors (Lipinski definition) is 2. The van der Waals surface area contributed by atoms with Gasteiger partial charge >= 0.3 is 0 Å². The molecule has 2 aromatic carbocycles. The molecule has 0 fully saturated rings. The Morgan fingerprint density at radius 3 is 2.52 bits per heavy atom. The maximum atomic E-state index is 12.1. The fourth-order valence-electron chi connectivity index (χ4n) is 1.73. The van der Waals surface area contributed by atoms with Crippen LogP contribution in [0.1, 0.15) is 15.9 Å². The van der Waals surface area contributed by atoms with E-state index in [0.29, 0.717) is 0 Å². The molecular weight excluding hydrogens is 340 g/mol. The lowest BCUT2D eigenvalue weighted by Crippen LogP contribution is -2.23. The van der Waals surface area contributed by atoms with Gasteiger partial charge in [-0.1, -0.05) is 18.2 Å². The summed E-state index contributed by atoms with van der Waals surface area (Å²) in [7, 11) is 0. The highest BCUT2D eigenvalue weighted by Gasteiger charge is 2.19. The first-order valence-electron chi connectivity index (χ1n) is 5.98. The fraction of sp³-hybridized carbons (Fsp3) is 0.0714. The molecule has 0 saturated carbocycles. The van der Waals surface area contributed by atoms with E-state index in [1.54, 1.807) is 12.1 Å². The molecule has 0 saturated heterocycles. The number of phenols is 1. The van der Waals surface area contributed by atoms with Crippen LogP contribution in [0.2, 0.25) is 0 Å². The van der Waals surface area contributed by atoms with Crippen molar-refractivity contribution in [1.82, 2.24) is 5.32 Å². The highest BCUT2D eigenvalue weighted by molar-refractivity contribution is 9.10. The van der Waals surface area contributed by atoms with Gasteiger partial charge in [-0.25, -0.2) is 0 Å². The zero-order valence-electron chi connectivity index (χ0n) is 10.7. The average Bonchev–Trinajstić information content (AvgIpc) is 2.46. The molecule has 1 amide bonds. The summed E-state index contributed by atoms with van der Waals surface area (Å²) in [6.07, 6.45) is 0. The quantitative estimate of drug-likeness (QED) is 0.654. The van der Waals surface area contributed by atoms with Gasteiger partial charge in [-0.2, -0.15) is 0 Å². The van der Waals surface area contributed by atoms with Crippen LogP contribution in [-0.4, -0.2) is 15.9 Å². The Morgan fingerprint density at radius 2 is 1.90 bits per heavy atom. The molecule has 7 heteroatoms. The summed E-state index contributed by atoms with van der Waals surface area (Å²) in [5.41, 5.74) is 0.845. The van der Waals surface area contributed by atoms with E-state index in [4.69, 9.17) is 0 Å². The van der Waals surface area contributed by atoms with E-state index in [9.17, 15) is 20.0 Å². The van der Waals surface area contributed by atoms with Crippen LogP contribution in [0.5, 0.6) is 5.75 Å². The first-order chi connectivity index (χ1) is 9.99. The second-order valence-corrected chi connectivity index (χ2v) is 5.04. The standard InChI is InChI=1S/C14H11BrN2O4/c15-13-11(2-1-3-12(13)17(20)21)14(19)16-8-9-4-6-10(18)7-5-9/h1-7,18H,8H2,(H,16,19). The third-order valence-corrected chi connectivity index (χ3v) is 3.64. The highest BCUT2D eigenvalue weighted by atomic mass is 79.9. The Hall–Kier alpha value is -2.41. The van der Waals surface area contributed by atoms with Gasteiger partial charge in [-0.3, -0.25) is 14.9 Å². The number of rotatable bonds is 4. The van der Waals surface area contributed by atoms with Crippen molar-refractivity contribution >= 4 is 27.5 Å². The minimum atomic E-state index is -0.555. The number of nitro groups is 1. The molecule has 0 bridgehead atoms. The predicted molar refractivity (Wildman–Crippen MR) is 80.1 cm³/mol. The van der Waals surface area contributed by atoms with E-state index in [2.05, 4.69) is 21.2 Å². The molecule has 2 N–H and O–H groups in total. The molecule has 2 rings (SSSR count).